The first kappa shape index (κ1) is 27.9. The van der Waals surface area contributed by atoms with Crippen LogP contribution in [0.3, 0.4) is 0 Å². The van der Waals surface area contributed by atoms with Crippen LogP contribution in [-0.2, 0) is 4.74 Å². The van der Waals surface area contributed by atoms with Crippen molar-refractivity contribution in [2.24, 2.45) is 4.99 Å². The van der Waals surface area contributed by atoms with Gasteiger partial charge in [0.2, 0.25) is 5.88 Å². The molecule has 38 heavy (non-hydrogen) atoms. The van der Waals surface area contributed by atoms with Gasteiger partial charge in [0.1, 0.15) is 28.5 Å². The standard InChI is InChI=1S/C29H31ClF2N4OS/c1-5-9-23(37-4)35-29(36-13-8-6-7-10-16(36)2)19-14-21(30)25(26(32)17(19)3)18-11-12-22(31)27-24(18)20(15-33)28(34)38-27/h9,11-12,14,16H,5-8,10,13,34H2,1-4H3/b23-9-,35-29+. The van der Waals surface area contributed by atoms with Crippen molar-refractivity contribution in [3.63, 3.8) is 0 Å². The van der Waals surface area contributed by atoms with E-state index in [0.29, 0.717) is 28.4 Å². The maximum absolute atomic E-state index is 16.3. The van der Waals surface area contributed by atoms with Crippen molar-refractivity contribution < 1.29 is 13.5 Å². The number of nitrogens with zero attached hydrogens (tertiary/aromatic N) is 3. The molecule has 2 aromatic carbocycles. The molecule has 1 unspecified atom stereocenters. The molecule has 9 heteroatoms. The predicted molar refractivity (Wildman–Crippen MR) is 153 cm³/mol. The van der Waals surface area contributed by atoms with Gasteiger partial charge < -0.3 is 15.4 Å². The Kier molecular flexibility index (Phi) is 8.59. The van der Waals surface area contributed by atoms with Gasteiger partial charge in [0.15, 0.2) is 0 Å². The molecule has 1 atom stereocenters. The van der Waals surface area contributed by atoms with Gasteiger partial charge in [-0.1, -0.05) is 37.4 Å². The van der Waals surface area contributed by atoms with Gasteiger partial charge in [-0.15, -0.1) is 11.3 Å². The molecule has 1 aliphatic rings. The third kappa shape index (κ3) is 5.10. The van der Waals surface area contributed by atoms with Gasteiger partial charge >= 0.3 is 0 Å². The van der Waals surface area contributed by atoms with Gasteiger partial charge in [0.05, 0.1) is 22.4 Å². The summed E-state index contributed by atoms with van der Waals surface area (Å²) < 4.78 is 36.7. The van der Waals surface area contributed by atoms with E-state index in [1.807, 2.05) is 19.1 Å². The van der Waals surface area contributed by atoms with E-state index in [1.54, 1.807) is 20.1 Å². The summed E-state index contributed by atoms with van der Waals surface area (Å²) in [6, 6.07) is 6.65. The van der Waals surface area contributed by atoms with Gasteiger partial charge in [-0.2, -0.15) is 10.3 Å². The summed E-state index contributed by atoms with van der Waals surface area (Å²) in [5, 5.41) is 10.3. The summed E-state index contributed by atoms with van der Waals surface area (Å²) in [7, 11) is 1.57. The van der Waals surface area contributed by atoms with Crippen molar-refractivity contribution in [1.82, 2.24) is 4.90 Å². The lowest BCUT2D eigenvalue weighted by molar-refractivity contribution is 0.281. The summed E-state index contributed by atoms with van der Waals surface area (Å²) in [6.07, 6.45) is 6.84. The van der Waals surface area contributed by atoms with Crippen LogP contribution >= 0.6 is 22.9 Å². The maximum atomic E-state index is 16.3. The van der Waals surface area contributed by atoms with E-state index in [4.69, 9.17) is 27.1 Å². The van der Waals surface area contributed by atoms with Crippen LogP contribution in [-0.4, -0.2) is 30.4 Å². The first-order valence-corrected chi connectivity index (χ1v) is 13.9. The average molecular weight is 557 g/mol. The molecule has 1 aromatic heterocycles. The molecular weight excluding hydrogens is 526 g/mol. The van der Waals surface area contributed by atoms with Crippen LogP contribution in [0.15, 0.2) is 35.2 Å². The molecule has 1 fully saturated rings. The number of rotatable bonds is 5. The van der Waals surface area contributed by atoms with Crippen molar-refractivity contribution in [1.29, 1.82) is 5.26 Å². The Morgan fingerprint density at radius 1 is 1.34 bits per heavy atom. The first-order chi connectivity index (χ1) is 18.2. The number of ether oxygens (including phenoxy) is 1. The van der Waals surface area contributed by atoms with Crippen molar-refractivity contribution in [2.45, 2.75) is 58.9 Å². The first-order valence-electron chi connectivity index (χ1n) is 12.7. The molecule has 5 nitrogen and oxygen atoms in total. The number of thiophene rings is 1. The van der Waals surface area contributed by atoms with Crippen molar-refractivity contribution in [3.8, 4) is 17.2 Å². The lowest BCUT2D eigenvalue weighted by Gasteiger charge is -2.32. The number of likely N-dealkylation sites (tertiary alicyclic amines) is 1. The average Bonchev–Trinajstić information content (AvgIpc) is 3.09. The van der Waals surface area contributed by atoms with Crippen molar-refractivity contribution >= 4 is 43.9 Å². The Morgan fingerprint density at radius 2 is 2.11 bits per heavy atom. The maximum Gasteiger partial charge on any atom is 0.210 e. The number of nitriles is 1. The Balaban J connectivity index is 1.98. The van der Waals surface area contributed by atoms with Crippen LogP contribution in [0, 0.1) is 29.9 Å². The number of fused-ring (bicyclic) bond motifs is 1. The summed E-state index contributed by atoms with van der Waals surface area (Å²) in [5.41, 5.74) is 7.47. The molecule has 3 aromatic rings. The zero-order chi connectivity index (χ0) is 27.6. The van der Waals surface area contributed by atoms with E-state index in [2.05, 4.69) is 11.8 Å². The third-order valence-electron chi connectivity index (χ3n) is 7.03. The highest BCUT2D eigenvalue weighted by Crippen LogP contribution is 2.44. The Bertz CT molecular complexity index is 1470. The smallest absolute Gasteiger partial charge is 0.210 e. The van der Waals surface area contributed by atoms with E-state index < -0.39 is 11.6 Å². The number of benzene rings is 2. The zero-order valence-corrected chi connectivity index (χ0v) is 23.6. The highest BCUT2D eigenvalue weighted by molar-refractivity contribution is 7.23. The number of nitrogen functional groups attached to an aromatic ring is 1. The molecule has 0 amide bonds. The SMILES string of the molecule is CC/C=C(/N=C(\c1cc(Cl)c(-c2ccc(F)c3sc(N)c(C#N)c23)c(F)c1C)N1CCCCCC1C)OC. The number of hydrogen-bond donors (Lipinski definition) is 1. The third-order valence-corrected chi connectivity index (χ3v) is 8.36. The summed E-state index contributed by atoms with van der Waals surface area (Å²) in [6.45, 7) is 6.61. The molecule has 1 aliphatic heterocycles. The molecule has 4 rings (SSSR count). The van der Waals surface area contributed by atoms with Gasteiger partial charge in [0, 0.05) is 29.1 Å². The number of aliphatic imine (C=N–C) groups is 1. The number of nitrogens with two attached hydrogens (primary N) is 1. The van der Waals surface area contributed by atoms with Crippen LogP contribution in [0.5, 0.6) is 0 Å². The van der Waals surface area contributed by atoms with Crippen LogP contribution in [0.2, 0.25) is 5.02 Å². The van der Waals surface area contributed by atoms with Gasteiger partial charge in [-0.05, 0) is 62.4 Å². The molecular formula is C29H31ClF2N4OS. The molecule has 0 aliphatic carbocycles. The number of allylic oxidation sites excluding steroid dienone is 1. The number of amidine groups is 1. The van der Waals surface area contributed by atoms with E-state index in [9.17, 15) is 9.65 Å². The molecule has 2 N–H and O–H groups in total. The molecule has 0 bridgehead atoms. The molecule has 200 valence electrons. The van der Waals surface area contributed by atoms with E-state index in [-0.39, 0.29) is 37.3 Å². The molecule has 0 radical (unpaired) electrons. The van der Waals surface area contributed by atoms with E-state index >= 15 is 4.39 Å². The molecule has 2 heterocycles. The highest BCUT2D eigenvalue weighted by atomic mass is 35.5. The monoisotopic (exact) mass is 556 g/mol. The van der Waals surface area contributed by atoms with Gasteiger partial charge in [-0.3, -0.25) is 0 Å². The van der Waals surface area contributed by atoms with Gasteiger partial charge in [0.25, 0.3) is 0 Å². The minimum atomic E-state index is -0.553. The minimum absolute atomic E-state index is 0.103. The number of methoxy groups -OCH3 is 1. The van der Waals surface area contributed by atoms with Crippen LogP contribution in [0.25, 0.3) is 21.2 Å². The van der Waals surface area contributed by atoms with Gasteiger partial charge in [-0.25, -0.2) is 8.78 Å². The summed E-state index contributed by atoms with van der Waals surface area (Å²) in [5.74, 6) is -0.0203. The zero-order valence-electron chi connectivity index (χ0n) is 22.0. The fourth-order valence-electron chi connectivity index (χ4n) is 5.03. The fraction of sp³-hybridized carbons (Fsp3) is 0.379. The predicted octanol–water partition coefficient (Wildman–Crippen LogP) is 8.17. The minimum Gasteiger partial charge on any atom is -0.481 e. The summed E-state index contributed by atoms with van der Waals surface area (Å²) >= 11 is 7.77. The lowest BCUT2D eigenvalue weighted by atomic mass is 9.94. The lowest BCUT2D eigenvalue weighted by Crippen LogP contribution is -2.39. The van der Waals surface area contributed by atoms with E-state index in [0.717, 1.165) is 50.0 Å². The van der Waals surface area contributed by atoms with Crippen molar-refractivity contribution in [2.75, 3.05) is 19.4 Å². The number of hydrogen-bond acceptors (Lipinski definition) is 5. The summed E-state index contributed by atoms with van der Waals surface area (Å²) in [4.78, 5) is 7.06. The normalized spacial score (nSPS) is 17.0. The topological polar surface area (TPSA) is 74.6 Å². The largest absolute Gasteiger partial charge is 0.481 e. The Morgan fingerprint density at radius 3 is 2.79 bits per heavy atom. The van der Waals surface area contributed by atoms with Crippen LogP contribution in [0.4, 0.5) is 13.8 Å². The fourth-order valence-corrected chi connectivity index (χ4v) is 6.27. The second-order valence-electron chi connectivity index (χ2n) is 9.45. The van der Waals surface area contributed by atoms with Crippen LogP contribution in [0.1, 0.15) is 62.6 Å². The quantitative estimate of drug-likeness (QED) is 0.195. The molecule has 1 saturated heterocycles. The second kappa shape index (κ2) is 11.7. The highest BCUT2D eigenvalue weighted by Gasteiger charge is 2.28. The van der Waals surface area contributed by atoms with Crippen LogP contribution < -0.4 is 5.73 Å². The Hall–Kier alpha value is -3.15. The van der Waals surface area contributed by atoms with E-state index in [1.165, 1.54) is 12.1 Å². The number of halogens is 3. The van der Waals surface area contributed by atoms with Crippen molar-refractivity contribution in [3.05, 3.63) is 63.5 Å². The molecule has 0 spiro atoms. The Labute approximate surface area is 231 Å². The second-order valence-corrected chi connectivity index (χ2v) is 10.9. The molecule has 0 saturated carbocycles. The number of anilines is 1.